The molecule has 1 unspecified atom stereocenters. The van der Waals surface area contributed by atoms with E-state index in [2.05, 4.69) is 30.7 Å². The van der Waals surface area contributed by atoms with Crippen LogP contribution in [0.25, 0.3) is 0 Å². The molecule has 0 aromatic carbocycles. The van der Waals surface area contributed by atoms with Crippen LogP contribution in [0.2, 0.25) is 5.15 Å². The van der Waals surface area contributed by atoms with Gasteiger partial charge in [-0.3, -0.25) is 0 Å². The van der Waals surface area contributed by atoms with Gasteiger partial charge in [-0.1, -0.05) is 39.3 Å². The standard InChI is InChI=1S/C12H19ClN2O/c1-6-8(16-5)11-14-9(12(2,3)4)7-10(13)15-11/h7-8H,6H2,1-5H3. The molecule has 1 aromatic heterocycles. The molecule has 0 saturated carbocycles. The number of methoxy groups -OCH3 is 1. The van der Waals surface area contributed by atoms with Gasteiger partial charge in [0.2, 0.25) is 0 Å². The van der Waals surface area contributed by atoms with Crippen LogP contribution in [0.1, 0.15) is 51.7 Å². The molecule has 0 radical (unpaired) electrons. The van der Waals surface area contributed by atoms with Crippen molar-refractivity contribution < 1.29 is 4.74 Å². The third-order valence-corrected chi connectivity index (χ3v) is 2.62. The van der Waals surface area contributed by atoms with E-state index in [-0.39, 0.29) is 11.5 Å². The van der Waals surface area contributed by atoms with Gasteiger partial charge < -0.3 is 4.74 Å². The van der Waals surface area contributed by atoms with Gasteiger partial charge in [-0.2, -0.15) is 0 Å². The quantitative estimate of drug-likeness (QED) is 0.761. The van der Waals surface area contributed by atoms with E-state index in [4.69, 9.17) is 16.3 Å². The molecule has 1 heterocycles. The van der Waals surface area contributed by atoms with E-state index in [1.165, 1.54) is 0 Å². The number of nitrogens with zero attached hydrogens (tertiary/aromatic N) is 2. The molecular formula is C12H19ClN2O. The van der Waals surface area contributed by atoms with Gasteiger partial charge in [0.05, 0.1) is 5.69 Å². The molecule has 90 valence electrons. The minimum Gasteiger partial charge on any atom is -0.373 e. The summed E-state index contributed by atoms with van der Waals surface area (Å²) in [7, 11) is 1.66. The lowest BCUT2D eigenvalue weighted by Crippen LogP contribution is -2.17. The maximum Gasteiger partial charge on any atom is 0.159 e. The van der Waals surface area contributed by atoms with E-state index in [9.17, 15) is 0 Å². The summed E-state index contributed by atoms with van der Waals surface area (Å²) >= 11 is 6.01. The summed E-state index contributed by atoms with van der Waals surface area (Å²) in [4.78, 5) is 8.74. The summed E-state index contributed by atoms with van der Waals surface area (Å²) in [6.07, 6.45) is 0.750. The first-order chi connectivity index (χ1) is 7.38. The van der Waals surface area contributed by atoms with Crippen molar-refractivity contribution in [3.8, 4) is 0 Å². The van der Waals surface area contributed by atoms with E-state index in [0.717, 1.165) is 12.1 Å². The molecule has 0 spiro atoms. The summed E-state index contributed by atoms with van der Waals surface area (Å²) in [6.45, 7) is 8.34. The number of aromatic nitrogens is 2. The smallest absolute Gasteiger partial charge is 0.159 e. The molecule has 0 N–H and O–H groups in total. The summed E-state index contributed by atoms with van der Waals surface area (Å²) < 4.78 is 5.32. The minimum atomic E-state index is -0.0835. The number of rotatable bonds is 3. The van der Waals surface area contributed by atoms with E-state index in [1.54, 1.807) is 7.11 Å². The van der Waals surface area contributed by atoms with Crippen molar-refractivity contribution in [2.24, 2.45) is 0 Å². The fraction of sp³-hybridized carbons (Fsp3) is 0.667. The summed E-state index contributed by atoms with van der Waals surface area (Å²) in [5.41, 5.74) is 0.908. The van der Waals surface area contributed by atoms with Gasteiger partial charge in [0, 0.05) is 12.5 Å². The molecule has 0 saturated heterocycles. The van der Waals surface area contributed by atoms with Gasteiger partial charge in [0.15, 0.2) is 5.82 Å². The fourth-order valence-electron chi connectivity index (χ4n) is 1.42. The SMILES string of the molecule is CCC(OC)c1nc(Cl)cc(C(C)(C)C)n1. The van der Waals surface area contributed by atoms with Gasteiger partial charge in [0.1, 0.15) is 11.3 Å². The molecule has 16 heavy (non-hydrogen) atoms. The van der Waals surface area contributed by atoms with E-state index < -0.39 is 0 Å². The second kappa shape index (κ2) is 5.11. The monoisotopic (exact) mass is 242 g/mol. The van der Waals surface area contributed by atoms with Crippen molar-refractivity contribution in [3.05, 3.63) is 22.7 Å². The summed E-state index contributed by atoms with van der Waals surface area (Å²) in [5.74, 6) is 0.669. The predicted molar refractivity (Wildman–Crippen MR) is 65.8 cm³/mol. The Hall–Kier alpha value is -0.670. The first-order valence-electron chi connectivity index (χ1n) is 5.46. The van der Waals surface area contributed by atoms with Crippen molar-refractivity contribution in [2.75, 3.05) is 7.11 Å². The normalized spacial score (nSPS) is 13.9. The predicted octanol–water partition coefficient (Wildman–Crippen LogP) is 3.53. The molecule has 0 aliphatic heterocycles. The Kier molecular flexibility index (Phi) is 4.28. The van der Waals surface area contributed by atoms with Gasteiger partial charge in [-0.05, 0) is 12.5 Å². The van der Waals surface area contributed by atoms with Crippen LogP contribution < -0.4 is 0 Å². The highest BCUT2D eigenvalue weighted by Gasteiger charge is 2.20. The van der Waals surface area contributed by atoms with Gasteiger partial charge in [0.25, 0.3) is 0 Å². The summed E-state index contributed by atoms with van der Waals surface area (Å²) in [5, 5.41) is 0.477. The van der Waals surface area contributed by atoms with Crippen LogP contribution in [0, 0.1) is 0 Å². The second-order valence-corrected chi connectivity index (χ2v) is 5.20. The van der Waals surface area contributed by atoms with Crippen LogP contribution in [0.5, 0.6) is 0 Å². The number of hydrogen-bond acceptors (Lipinski definition) is 3. The lowest BCUT2D eigenvalue weighted by molar-refractivity contribution is 0.0922. The van der Waals surface area contributed by atoms with Gasteiger partial charge in [-0.15, -0.1) is 0 Å². The molecule has 0 bridgehead atoms. The first-order valence-corrected chi connectivity index (χ1v) is 5.84. The highest BCUT2D eigenvalue weighted by Crippen LogP contribution is 2.25. The topological polar surface area (TPSA) is 35.0 Å². The van der Waals surface area contributed by atoms with Crippen LogP contribution in [0.3, 0.4) is 0 Å². The van der Waals surface area contributed by atoms with Gasteiger partial charge >= 0.3 is 0 Å². The maximum atomic E-state index is 6.01. The zero-order chi connectivity index (χ0) is 12.3. The molecule has 4 heteroatoms. The molecule has 1 atom stereocenters. The van der Waals surface area contributed by atoms with E-state index in [0.29, 0.717) is 11.0 Å². The zero-order valence-corrected chi connectivity index (χ0v) is 11.3. The van der Waals surface area contributed by atoms with Crippen molar-refractivity contribution >= 4 is 11.6 Å². The van der Waals surface area contributed by atoms with Gasteiger partial charge in [-0.25, -0.2) is 9.97 Å². The molecule has 0 aliphatic rings. The molecule has 1 aromatic rings. The number of halogens is 1. The Morgan fingerprint density at radius 2 is 2.00 bits per heavy atom. The lowest BCUT2D eigenvalue weighted by Gasteiger charge is -2.20. The zero-order valence-electron chi connectivity index (χ0n) is 10.5. The van der Waals surface area contributed by atoms with E-state index in [1.807, 2.05) is 13.0 Å². The molecule has 1 rings (SSSR count). The molecular weight excluding hydrogens is 224 g/mol. The third kappa shape index (κ3) is 3.16. The van der Waals surface area contributed by atoms with Crippen molar-refractivity contribution in [3.63, 3.8) is 0 Å². The Morgan fingerprint density at radius 3 is 2.44 bits per heavy atom. The Balaban J connectivity index is 3.17. The fourth-order valence-corrected chi connectivity index (χ4v) is 1.61. The van der Waals surface area contributed by atoms with Crippen LogP contribution in [0.15, 0.2) is 6.07 Å². The Bertz CT molecular complexity index is 357. The molecule has 0 fully saturated rings. The second-order valence-electron chi connectivity index (χ2n) is 4.82. The minimum absolute atomic E-state index is 0.0344. The van der Waals surface area contributed by atoms with Crippen LogP contribution in [-0.2, 0) is 10.2 Å². The lowest BCUT2D eigenvalue weighted by atomic mass is 9.92. The van der Waals surface area contributed by atoms with Crippen LogP contribution in [-0.4, -0.2) is 17.1 Å². The van der Waals surface area contributed by atoms with E-state index >= 15 is 0 Å². The average molecular weight is 243 g/mol. The van der Waals surface area contributed by atoms with Crippen molar-refractivity contribution in [1.29, 1.82) is 0 Å². The summed E-state index contributed by atoms with van der Waals surface area (Å²) in [6, 6.07) is 1.81. The first kappa shape index (κ1) is 13.4. The maximum absolute atomic E-state index is 6.01. The van der Waals surface area contributed by atoms with Crippen molar-refractivity contribution in [2.45, 2.75) is 45.6 Å². The number of ether oxygens (including phenoxy) is 1. The van der Waals surface area contributed by atoms with Crippen LogP contribution >= 0.6 is 11.6 Å². The Labute approximate surface area is 102 Å². The number of hydrogen-bond donors (Lipinski definition) is 0. The largest absolute Gasteiger partial charge is 0.373 e. The Morgan fingerprint density at radius 1 is 1.38 bits per heavy atom. The average Bonchev–Trinajstić information content (AvgIpc) is 2.17. The highest BCUT2D eigenvalue weighted by molar-refractivity contribution is 6.29. The molecule has 3 nitrogen and oxygen atoms in total. The third-order valence-electron chi connectivity index (χ3n) is 2.42. The van der Waals surface area contributed by atoms with Crippen LogP contribution in [0.4, 0.5) is 0 Å². The highest BCUT2D eigenvalue weighted by atomic mass is 35.5. The molecule has 0 amide bonds. The molecule has 0 aliphatic carbocycles. The van der Waals surface area contributed by atoms with Crippen molar-refractivity contribution in [1.82, 2.24) is 9.97 Å².